The van der Waals surface area contributed by atoms with E-state index in [1.165, 1.54) is 0 Å². The normalized spacial score (nSPS) is 10.4. The van der Waals surface area contributed by atoms with Crippen molar-refractivity contribution in [3.05, 3.63) is 51.1 Å². The van der Waals surface area contributed by atoms with Crippen molar-refractivity contribution in [2.75, 3.05) is 0 Å². The fourth-order valence-corrected chi connectivity index (χ4v) is 2.99. The van der Waals surface area contributed by atoms with Crippen LogP contribution in [0.25, 0.3) is 0 Å². The van der Waals surface area contributed by atoms with E-state index in [-0.39, 0.29) is 5.75 Å². The van der Waals surface area contributed by atoms with Gasteiger partial charge in [0.15, 0.2) is 0 Å². The molecule has 0 aliphatic heterocycles. The third-order valence-electron chi connectivity index (χ3n) is 1.96. The number of rotatable bonds is 2. The molecule has 0 fully saturated rings. The van der Waals surface area contributed by atoms with Gasteiger partial charge in [-0.2, -0.15) is 0 Å². The second-order valence-corrected chi connectivity index (χ2v) is 5.94. The van der Waals surface area contributed by atoms with E-state index in [9.17, 15) is 5.11 Å². The lowest BCUT2D eigenvalue weighted by Gasteiger charge is -2.04. The van der Waals surface area contributed by atoms with Crippen molar-refractivity contribution in [2.24, 2.45) is 0 Å². The summed E-state index contributed by atoms with van der Waals surface area (Å²) in [7, 11) is 0. The summed E-state index contributed by atoms with van der Waals surface area (Å²) in [6.07, 6.45) is 0. The van der Waals surface area contributed by atoms with E-state index >= 15 is 0 Å². The molecule has 0 heterocycles. The average molecular weight is 363 g/mol. The molecule has 0 radical (unpaired) electrons. The Balaban J connectivity index is 2.23. The van der Waals surface area contributed by atoms with Crippen LogP contribution in [0.15, 0.2) is 52.3 Å². The van der Waals surface area contributed by atoms with Crippen LogP contribution in [-0.2, 0) is 0 Å². The van der Waals surface area contributed by atoms with E-state index in [4.69, 9.17) is 11.6 Å². The Morgan fingerprint density at radius 3 is 2.38 bits per heavy atom. The predicted molar refractivity (Wildman–Crippen MR) is 76.4 cm³/mol. The van der Waals surface area contributed by atoms with Crippen LogP contribution in [0.3, 0.4) is 0 Å². The van der Waals surface area contributed by atoms with Crippen molar-refractivity contribution >= 4 is 46.0 Å². The highest BCUT2D eigenvalue weighted by atomic mass is 127. The third-order valence-corrected chi connectivity index (χ3v) is 4.14. The molecular weight excluding hydrogens is 355 g/mol. The monoisotopic (exact) mass is 362 g/mol. The van der Waals surface area contributed by atoms with E-state index in [1.807, 2.05) is 30.3 Å². The second-order valence-electron chi connectivity index (χ2n) is 3.17. The summed E-state index contributed by atoms with van der Waals surface area (Å²) in [5.74, 6) is 0.276. The van der Waals surface area contributed by atoms with E-state index in [0.29, 0.717) is 0 Å². The Hall–Kier alpha value is -0.390. The molecule has 82 valence electrons. The fourth-order valence-electron chi connectivity index (χ4n) is 1.20. The van der Waals surface area contributed by atoms with Crippen molar-refractivity contribution in [2.45, 2.75) is 9.79 Å². The lowest BCUT2D eigenvalue weighted by atomic mass is 10.3. The maximum atomic E-state index is 9.18. The van der Waals surface area contributed by atoms with Crippen LogP contribution in [0.5, 0.6) is 5.75 Å². The number of aromatic hydroxyl groups is 1. The van der Waals surface area contributed by atoms with E-state index < -0.39 is 0 Å². The maximum Gasteiger partial charge on any atom is 0.115 e. The predicted octanol–water partition coefficient (Wildman–Crippen LogP) is 4.80. The molecule has 0 atom stereocenters. The molecular formula is C12H8ClIOS. The number of phenolic OH excluding ortho intramolecular Hbond substituents is 1. The van der Waals surface area contributed by atoms with Gasteiger partial charge in [-0.3, -0.25) is 0 Å². The molecule has 0 saturated heterocycles. The van der Waals surface area contributed by atoms with Crippen molar-refractivity contribution in [1.82, 2.24) is 0 Å². The van der Waals surface area contributed by atoms with Crippen molar-refractivity contribution in [3.8, 4) is 5.75 Å². The first kappa shape index (κ1) is 12.1. The fraction of sp³-hybridized carbons (Fsp3) is 0. The Morgan fingerprint density at radius 1 is 1.06 bits per heavy atom. The molecule has 0 aliphatic rings. The summed E-state index contributed by atoms with van der Waals surface area (Å²) >= 11 is 9.95. The lowest BCUT2D eigenvalue weighted by molar-refractivity contribution is 0.475. The highest BCUT2D eigenvalue weighted by Crippen LogP contribution is 2.34. The zero-order valence-corrected chi connectivity index (χ0v) is 11.9. The number of hydrogen-bond acceptors (Lipinski definition) is 2. The highest BCUT2D eigenvalue weighted by Gasteiger charge is 2.03. The molecule has 0 saturated carbocycles. The first-order valence-electron chi connectivity index (χ1n) is 4.57. The quantitative estimate of drug-likeness (QED) is 0.774. The maximum absolute atomic E-state index is 9.18. The lowest BCUT2D eigenvalue weighted by Crippen LogP contribution is -1.77. The van der Waals surface area contributed by atoms with Gasteiger partial charge in [0, 0.05) is 13.4 Å². The average Bonchev–Trinajstić information content (AvgIpc) is 2.25. The molecule has 16 heavy (non-hydrogen) atoms. The van der Waals surface area contributed by atoms with E-state index in [2.05, 4.69) is 22.6 Å². The Kier molecular flexibility index (Phi) is 4.00. The van der Waals surface area contributed by atoms with E-state index in [0.717, 1.165) is 18.4 Å². The van der Waals surface area contributed by atoms with Gasteiger partial charge in [-0.15, -0.1) is 0 Å². The molecule has 0 amide bonds. The van der Waals surface area contributed by atoms with Gasteiger partial charge in [0.05, 0.1) is 5.02 Å². The zero-order chi connectivity index (χ0) is 11.5. The molecule has 0 bridgehead atoms. The number of halogens is 2. The second kappa shape index (κ2) is 5.29. The minimum absolute atomic E-state index is 0.276. The number of hydrogen-bond donors (Lipinski definition) is 1. The minimum atomic E-state index is 0.276. The minimum Gasteiger partial charge on any atom is -0.508 e. The molecule has 1 nitrogen and oxygen atoms in total. The number of benzene rings is 2. The van der Waals surface area contributed by atoms with Crippen molar-refractivity contribution in [3.63, 3.8) is 0 Å². The van der Waals surface area contributed by atoms with Crippen LogP contribution >= 0.6 is 46.0 Å². The van der Waals surface area contributed by atoms with Gasteiger partial charge in [0.2, 0.25) is 0 Å². The summed E-state index contributed by atoms with van der Waals surface area (Å²) in [4.78, 5) is 2.08. The Bertz CT molecular complexity index is 499. The van der Waals surface area contributed by atoms with Crippen LogP contribution in [-0.4, -0.2) is 5.11 Å². The molecule has 2 aromatic rings. The van der Waals surface area contributed by atoms with Gasteiger partial charge >= 0.3 is 0 Å². The molecule has 0 aliphatic carbocycles. The first-order valence-corrected chi connectivity index (χ1v) is 6.84. The van der Waals surface area contributed by atoms with Crippen LogP contribution in [0.2, 0.25) is 5.02 Å². The standard InChI is InChI=1S/C12H8ClIOS/c13-11-7-8(14)1-6-12(11)16-10-4-2-9(15)3-5-10/h1-7,15H. The SMILES string of the molecule is Oc1ccc(Sc2ccc(I)cc2Cl)cc1. The largest absolute Gasteiger partial charge is 0.508 e. The summed E-state index contributed by atoms with van der Waals surface area (Å²) in [6.45, 7) is 0. The summed E-state index contributed by atoms with van der Waals surface area (Å²) < 4.78 is 1.12. The highest BCUT2D eigenvalue weighted by molar-refractivity contribution is 14.1. The van der Waals surface area contributed by atoms with Gasteiger partial charge < -0.3 is 5.11 Å². The molecule has 0 aromatic heterocycles. The molecule has 2 aromatic carbocycles. The molecule has 0 unspecified atom stereocenters. The summed E-state index contributed by atoms with van der Waals surface area (Å²) in [5, 5.41) is 9.93. The number of phenols is 1. The van der Waals surface area contributed by atoms with Gasteiger partial charge in [-0.05, 0) is 65.1 Å². The van der Waals surface area contributed by atoms with Gasteiger partial charge in [-0.25, -0.2) is 0 Å². The third kappa shape index (κ3) is 3.06. The van der Waals surface area contributed by atoms with Gasteiger partial charge in [-0.1, -0.05) is 23.4 Å². The van der Waals surface area contributed by atoms with Crippen LogP contribution < -0.4 is 0 Å². The molecule has 4 heteroatoms. The Labute approximate surface area is 117 Å². The molecule has 0 spiro atoms. The summed E-state index contributed by atoms with van der Waals surface area (Å²) in [6, 6.07) is 13.0. The molecule has 2 rings (SSSR count). The van der Waals surface area contributed by atoms with Crippen molar-refractivity contribution in [1.29, 1.82) is 0 Å². The van der Waals surface area contributed by atoms with E-state index in [1.54, 1.807) is 23.9 Å². The Morgan fingerprint density at radius 2 is 1.75 bits per heavy atom. The topological polar surface area (TPSA) is 20.2 Å². The van der Waals surface area contributed by atoms with Crippen LogP contribution in [0.1, 0.15) is 0 Å². The first-order chi connectivity index (χ1) is 7.65. The van der Waals surface area contributed by atoms with Crippen molar-refractivity contribution < 1.29 is 5.11 Å². The van der Waals surface area contributed by atoms with Gasteiger partial charge in [0.25, 0.3) is 0 Å². The zero-order valence-electron chi connectivity index (χ0n) is 8.15. The molecule has 1 N–H and O–H groups in total. The smallest absolute Gasteiger partial charge is 0.115 e. The summed E-state index contributed by atoms with van der Waals surface area (Å²) in [5.41, 5.74) is 0. The van der Waals surface area contributed by atoms with Gasteiger partial charge in [0.1, 0.15) is 5.75 Å². The van der Waals surface area contributed by atoms with Crippen LogP contribution in [0, 0.1) is 3.57 Å². The van der Waals surface area contributed by atoms with Crippen LogP contribution in [0.4, 0.5) is 0 Å².